The predicted octanol–water partition coefficient (Wildman–Crippen LogP) is 3.44. The van der Waals surface area contributed by atoms with Crippen molar-refractivity contribution in [2.75, 3.05) is 19.0 Å². The van der Waals surface area contributed by atoms with Crippen LogP contribution in [0.5, 0.6) is 0 Å². The van der Waals surface area contributed by atoms with Crippen molar-refractivity contribution >= 4 is 11.6 Å². The Morgan fingerprint density at radius 1 is 1.43 bits per heavy atom. The first-order valence-corrected chi connectivity index (χ1v) is 6.21. The molecule has 0 saturated carbocycles. The molecule has 82 valence electrons. The largest absolute Gasteiger partial charge is 0.297 e. The number of hydrogen-bond donors (Lipinski definition) is 0. The molecule has 0 bridgehead atoms. The van der Waals surface area contributed by atoms with Gasteiger partial charge in [-0.3, -0.25) is 4.90 Å². The van der Waals surface area contributed by atoms with E-state index in [1.807, 2.05) is 0 Å². The van der Waals surface area contributed by atoms with Crippen molar-refractivity contribution in [2.24, 2.45) is 0 Å². The highest BCUT2D eigenvalue weighted by atomic mass is 35.5. The number of nitrogens with zero attached hydrogens (tertiary/aromatic N) is 1. The van der Waals surface area contributed by atoms with Gasteiger partial charge in [0.05, 0.1) is 0 Å². The maximum absolute atomic E-state index is 5.82. The Bertz CT molecular complexity index is 183. The molecular weight excluding hydrogens is 194 g/mol. The van der Waals surface area contributed by atoms with E-state index in [0.717, 1.165) is 24.9 Å². The number of allylic oxidation sites excluding steroid dienone is 1. The molecule has 1 atom stereocenters. The van der Waals surface area contributed by atoms with Gasteiger partial charge < -0.3 is 0 Å². The molecule has 1 unspecified atom stereocenters. The monoisotopic (exact) mass is 215 g/mol. The van der Waals surface area contributed by atoms with Crippen LogP contribution in [-0.4, -0.2) is 29.9 Å². The van der Waals surface area contributed by atoms with Gasteiger partial charge in [0, 0.05) is 18.5 Å². The van der Waals surface area contributed by atoms with Crippen molar-refractivity contribution in [3.63, 3.8) is 0 Å². The number of piperidine rings is 1. The standard InChI is InChI=1S/C12H22ClN/c1-11(2)7-10-14-9-4-3-5-12(14)6-8-13/h7,12H,3-6,8-10H2,1-2H3. The highest BCUT2D eigenvalue weighted by molar-refractivity contribution is 6.17. The Balaban J connectivity index is 2.41. The van der Waals surface area contributed by atoms with Crippen LogP contribution in [0.25, 0.3) is 0 Å². The molecule has 1 nitrogen and oxygen atoms in total. The number of rotatable bonds is 4. The zero-order valence-corrected chi connectivity index (χ0v) is 10.2. The molecule has 0 amide bonds. The normalized spacial score (nSPS) is 23.5. The lowest BCUT2D eigenvalue weighted by Gasteiger charge is -2.34. The highest BCUT2D eigenvalue weighted by Gasteiger charge is 2.20. The lowest BCUT2D eigenvalue weighted by Crippen LogP contribution is -2.39. The summed E-state index contributed by atoms with van der Waals surface area (Å²) in [5, 5.41) is 0. The summed E-state index contributed by atoms with van der Waals surface area (Å²) >= 11 is 5.82. The third-order valence-electron chi connectivity index (χ3n) is 2.93. The van der Waals surface area contributed by atoms with Crippen LogP contribution in [0.15, 0.2) is 11.6 Å². The van der Waals surface area contributed by atoms with Crippen molar-refractivity contribution in [1.29, 1.82) is 0 Å². The minimum absolute atomic E-state index is 0.733. The van der Waals surface area contributed by atoms with Gasteiger partial charge in [-0.25, -0.2) is 0 Å². The molecule has 14 heavy (non-hydrogen) atoms. The lowest BCUT2D eigenvalue weighted by atomic mass is 10.00. The molecule has 0 aromatic heterocycles. The average molecular weight is 216 g/mol. The first kappa shape index (κ1) is 12.1. The van der Waals surface area contributed by atoms with Crippen LogP contribution in [0, 0.1) is 0 Å². The fourth-order valence-corrected chi connectivity index (χ4v) is 2.30. The number of halogens is 1. The quantitative estimate of drug-likeness (QED) is 0.513. The smallest absolute Gasteiger partial charge is 0.0238 e. The van der Waals surface area contributed by atoms with Crippen molar-refractivity contribution < 1.29 is 0 Å². The van der Waals surface area contributed by atoms with Crippen LogP contribution in [0.1, 0.15) is 39.5 Å². The molecular formula is C12H22ClN. The molecule has 0 radical (unpaired) electrons. The van der Waals surface area contributed by atoms with E-state index < -0.39 is 0 Å². The second-order valence-corrected chi connectivity index (χ2v) is 4.78. The molecule has 0 aliphatic carbocycles. The van der Waals surface area contributed by atoms with Crippen LogP contribution in [-0.2, 0) is 0 Å². The van der Waals surface area contributed by atoms with Crippen molar-refractivity contribution in [2.45, 2.75) is 45.6 Å². The van der Waals surface area contributed by atoms with Crippen LogP contribution in [0.3, 0.4) is 0 Å². The minimum atomic E-state index is 0.733. The van der Waals surface area contributed by atoms with Gasteiger partial charge in [0.25, 0.3) is 0 Å². The fourth-order valence-electron chi connectivity index (χ4n) is 2.05. The van der Waals surface area contributed by atoms with E-state index in [2.05, 4.69) is 24.8 Å². The zero-order chi connectivity index (χ0) is 10.4. The van der Waals surface area contributed by atoms with Crippen LogP contribution in [0.4, 0.5) is 0 Å². The molecule has 0 N–H and O–H groups in total. The van der Waals surface area contributed by atoms with E-state index in [4.69, 9.17) is 11.6 Å². The predicted molar refractivity (Wildman–Crippen MR) is 64.0 cm³/mol. The second kappa shape index (κ2) is 6.47. The van der Waals surface area contributed by atoms with Crippen molar-refractivity contribution in [3.8, 4) is 0 Å². The summed E-state index contributed by atoms with van der Waals surface area (Å²) in [6.45, 7) is 6.70. The van der Waals surface area contributed by atoms with E-state index in [1.54, 1.807) is 0 Å². The van der Waals surface area contributed by atoms with Crippen molar-refractivity contribution in [3.05, 3.63) is 11.6 Å². The Labute approximate surface area is 93.1 Å². The second-order valence-electron chi connectivity index (χ2n) is 4.40. The Morgan fingerprint density at radius 2 is 2.21 bits per heavy atom. The Kier molecular flexibility index (Phi) is 5.57. The number of likely N-dealkylation sites (tertiary alicyclic amines) is 1. The molecule has 1 fully saturated rings. The van der Waals surface area contributed by atoms with E-state index in [0.29, 0.717) is 0 Å². The van der Waals surface area contributed by atoms with Gasteiger partial charge in [0.15, 0.2) is 0 Å². The molecule has 1 aliphatic heterocycles. The molecule has 0 aromatic carbocycles. The Hall–Kier alpha value is -0.0100. The molecule has 0 aromatic rings. The molecule has 1 heterocycles. The van der Waals surface area contributed by atoms with E-state index in [9.17, 15) is 0 Å². The summed E-state index contributed by atoms with van der Waals surface area (Å²) in [7, 11) is 0. The van der Waals surface area contributed by atoms with Gasteiger partial charge >= 0.3 is 0 Å². The molecule has 2 heteroatoms. The average Bonchev–Trinajstić information content (AvgIpc) is 2.17. The molecule has 0 spiro atoms. The van der Waals surface area contributed by atoms with Crippen LogP contribution in [0.2, 0.25) is 0 Å². The Morgan fingerprint density at radius 3 is 2.86 bits per heavy atom. The highest BCUT2D eigenvalue weighted by Crippen LogP contribution is 2.19. The molecule has 1 saturated heterocycles. The molecule has 1 rings (SSSR count). The third-order valence-corrected chi connectivity index (χ3v) is 3.14. The summed E-state index contributed by atoms with van der Waals surface area (Å²) in [6.07, 6.45) is 7.55. The van der Waals surface area contributed by atoms with Crippen LogP contribution < -0.4 is 0 Å². The van der Waals surface area contributed by atoms with E-state index in [1.165, 1.54) is 31.4 Å². The van der Waals surface area contributed by atoms with Gasteiger partial charge in [-0.1, -0.05) is 18.1 Å². The van der Waals surface area contributed by atoms with E-state index >= 15 is 0 Å². The van der Waals surface area contributed by atoms with E-state index in [-0.39, 0.29) is 0 Å². The summed E-state index contributed by atoms with van der Waals surface area (Å²) < 4.78 is 0. The van der Waals surface area contributed by atoms with Gasteiger partial charge in [0.1, 0.15) is 0 Å². The summed E-state index contributed by atoms with van der Waals surface area (Å²) in [4.78, 5) is 2.58. The lowest BCUT2D eigenvalue weighted by molar-refractivity contribution is 0.161. The van der Waals surface area contributed by atoms with Gasteiger partial charge in [-0.2, -0.15) is 0 Å². The van der Waals surface area contributed by atoms with Gasteiger partial charge in [0.2, 0.25) is 0 Å². The van der Waals surface area contributed by atoms with Gasteiger partial charge in [-0.05, 0) is 39.7 Å². The topological polar surface area (TPSA) is 3.24 Å². The summed E-state index contributed by atoms with van der Waals surface area (Å²) in [6, 6.07) is 0.733. The van der Waals surface area contributed by atoms with Crippen LogP contribution >= 0.6 is 11.6 Å². The number of alkyl halides is 1. The first-order valence-electron chi connectivity index (χ1n) is 5.67. The minimum Gasteiger partial charge on any atom is -0.297 e. The zero-order valence-electron chi connectivity index (χ0n) is 9.43. The first-order chi connectivity index (χ1) is 6.74. The molecule has 1 aliphatic rings. The maximum atomic E-state index is 5.82. The third kappa shape index (κ3) is 4.02. The SMILES string of the molecule is CC(C)=CCN1CCCCC1CCCl. The summed E-state index contributed by atoms with van der Waals surface area (Å²) in [5.74, 6) is 0.802. The maximum Gasteiger partial charge on any atom is 0.0238 e. The van der Waals surface area contributed by atoms with Crippen molar-refractivity contribution in [1.82, 2.24) is 4.90 Å². The fraction of sp³-hybridized carbons (Fsp3) is 0.833. The number of hydrogen-bond acceptors (Lipinski definition) is 1. The summed E-state index contributed by atoms with van der Waals surface area (Å²) in [5.41, 5.74) is 1.42. The van der Waals surface area contributed by atoms with Gasteiger partial charge in [-0.15, -0.1) is 11.6 Å².